The van der Waals surface area contributed by atoms with Crippen LogP contribution < -0.4 is 5.32 Å². The Balaban J connectivity index is 2.70. The SMILES string of the molecule is CSc1ccccc1C(=O)NCC(F)(F)CO. The zero-order valence-corrected chi connectivity index (χ0v) is 10.1. The number of halogens is 2. The number of nitrogens with one attached hydrogen (secondary N) is 1. The monoisotopic (exact) mass is 261 g/mol. The molecule has 0 radical (unpaired) electrons. The van der Waals surface area contributed by atoms with Crippen LogP contribution in [0.15, 0.2) is 29.2 Å². The molecule has 3 nitrogen and oxygen atoms in total. The molecule has 17 heavy (non-hydrogen) atoms. The third-order valence-electron chi connectivity index (χ3n) is 2.09. The fourth-order valence-electron chi connectivity index (χ4n) is 1.19. The summed E-state index contributed by atoms with van der Waals surface area (Å²) < 4.78 is 25.5. The van der Waals surface area contributed by atoms with Crippen LogP contribution in [0.3, 0.4) is 0 Å². The molecular weight excluding hydrogens is 248 g/mol. The highest BCUT2D eigenvalue weighted by molar-refractivity contribution is 7.98. The number of hydrogen-bond acceptors (Lipinski definition) is 3. The Labute approximate surface area is 102 Å². The van der Waals surface area contributed by atoms with E-state index in [4.69, 9.17) is 5.11 Å². The molecule has 0 saturated heterocycles. The molecule has 0 saturated carbocycles. The Morgan fingerprint density at radius 2 is 2.12 bits per heavy atom. The minimum absolute atomic E-state index is 0.355. The number of amides is 1. The average Bonchev–Trinajstić information content (AvgIpc) is 2.36. The first kappa shape index (κ1) is 13.9. The minimum atomic E-state index is -3.29. The van der Waals surface area contributed by atoms with Gasteiger partial charge in [-0.05, 0) is 18.4 Å². The van der Waals surface area contributed by atoms with Gasteiger partial charge in [-0.1, -0.05) is 12.1 Å². The molecule has 0 unspecified atom stereocenters. The predicted octanol–water partition coefficient (Wildman–Crippen LogP) is 1.77. The maximum atomic E-state index is 12.7. The summed E-state index contributed by atoms with van der Waals surface area (Å²) in [4.78, 5) is 12.4. The van der Waals surface area contributed by atoms with Crippen LogP contribution >= 0.6 is 11.8 Å². The van der Waals surface area contributed by atoms with Crippen LogP contribution in [0.5, 0.6) is 0 Å². The van der Waals surface area contributed by atoms with E-state index in [9.17, 15) is 13.6 Å². The van der Waals surface area contributed by atoms with E-state index < -0.39 is 25.0 Å². The van der Waals surface area contributed by atoms with Gasteiger partial charge in [-0.25, -0.2) is 8.78 Å². The Morgan fingerprint density at radius 3 is 2.71 bits per heavy atom. The molecule has 0 aromatic heterocycles. The van der Waals surface area contributed by atoms with Crippen molar-refractivity contribution in [1.29, 1.82) is 0 Å². The Kier molecular flexibility index (Phi) is 4.89. The van der Waals surface area contributed by atoms with Gasteiger partial charge in [0.1, 0.15) is 6.61 Å². The van der Waals surface area contributed by atoms with Crippen molar-refractivity contribution >= 4 is 17.7 Å². The van der Waals surface area contributed by atoms with Gasteiger partial charge in [0.15, 0.2) is 0 Å². The van der Waals surface area contributed by atoms with E-state index in [1.54, 1.807) is 30.5 Å². The molecule has 94 valence electrons. The second-order valence-corrected chi connectivity index (χ2v) is 4.25. The second kappa shape index (κ2) is 5.97. The van der Waals surface area contributed by atoms with Gasteiger partial charge in [-0.2, -0.15) is 0 Å². The summed E-state index contributed by atoms with van der Waals surface area (Å²) in [6, 6.07) is 6.74. The highest BCUT2D eigenvalue weighted by Gasteiger charge is 2.28. The molecule has 0 atom stereocenters. The number of carbonyl (C=O) groups is 1. The molecule has 1 rings (SSSR count). The molecule has 0 aliphatic carbocycles. The van der Waals surface area contributed by atoms with Crippen molar-refractivity contribution in [2.75, 3.05) is 19.4 Å². The topological polar surface area (TPSA) is 49.3 Å². The van der Waals surface area contributed by atoms with Gasteiger partial charge < -0.3 is 10.4 Å². The van der Waals surface area contributed by atoms with E-state index in [1.807, 2.05) is 0 Å². The van der Waals surface area contributed by atoms with Crippen LogP contribution in [-0.4, -0.2) is 36.3 Å². The number of rotatable bonds is 5. The Hall–Kier alpha value is -1.14. The van der Waals surface area contributed by atoms with Crippen molar-refractivity contribution in [3.05, 3.63) is 29.8 Å². The van der Waals surface area contributed by atoms with E-state index >= 15 is 0 Å². The first-order valence-electron chi connectivity index (χ1n) is 4.90. The highest BCUT2D eigenvalue weighted by atomic mass is 32.2. The van der Waals surface area contributed by atoms with Gasteiger partial charge in [-0.3, -0.25) is 4.79 Å². The first-order chi connectivity index (χ1) is 8.00. The molecule has 0 aliphatic heterocycles. The lowest BCUT2D eigenvalue weighted by atomic mass is 10.2. The lowest BCUT2D eigenvalue weighted by Crippen LogP contribution is -2.39. The molecule has 2 N–H and O–H groups in total. The minimum Gasteiger partial charge on any atom is -0.390 e. The lowest BCUT2D eigenvalue weighted by Gasteiger charge is -2.14. The lowest BCUT2D eigenvalue weighted by molar-refractivity contribution is -0.0462. The van der Waals surface area contributed by atoms with Gasteiger partial charge in [-0.15, -0.1) is 11.8 Å². The molecule has 0 bridgehead atoms. The van der Waals surface area contributed by atoms with E-state index in [2.05, 4.69) is 5.32 Å². The van der Waals surface area contributed by atoms with Crippen LogP contribution in [0, 0.1) is 0 Å². The largest absolute Gasteiger partial charge is 0.390 e. The highest BCUT2D eigenvalue weighted by Crippen LogP contribution is 2.20. The number of alkyl halides is 2. The van der Waals surface area contributed by atoms with E-state index in [0.717, 1.165) is 4.90 Å². The summed E-state index contributed by atoms with van der Waals surface area (Å²) in [7, 11) is 0. The van der Waals surface area contributed by atoms with Crippen LogP contribution in [0.25, 0.3) is 0 Å². The number of hydrogen-bond donors (Lipinski definition) is 2. The summed E-state index contributed by atoms with van der Waals surface area (Å²) in [5.74, 6) is -3.85. The Bertz CT molecular complexity index is 399. The van der Waals surface area contributed by atoms with E-state index in [1.165, 1.54) is 11.8 Å². The normalized spacial score (nSPS) is 11.3. The molecule has 6 heteroatoms. The predicted molar refractivity (Wildman–Crippen MR) is 62.6 cm³/mol. The number of carbonyl (C=O) groups excluding carboxylic acids is 1. The van der Waals surface area contributed by atoms with Crippen molar-refractivity contribution in [1.82, 2.24) is 5.32 Å². The standard InChI is InChI=1S/C11H13F2NO2S/c1-17-9-5-3-2-4-8(9)10(16)14-6-11(12,13)7-15/h2-5,15H,6-7H2,1H3,(H,14,16). The van der Waals surface area contributed by atoms with Gasteiger partial charge in [0.2, 0.25) is 0 Å². The maximum absolute atomic E-state index is 12.7. The fourth-order valence-corrected chi connectivity index (χ4v) is 1.79. The quantitative estimate of drug-likeness (QED) is 0.794. The molecule has 0 fully saturated rings. The van der Waals surface area contributed by atoms with Gasteiger partial charge >= 0.3 is 0 Å². The molecular formula is C11H13F2NO2S. The number of aliphatic hydroxyl groups excluding tert-OH is 1. The number of benzene rings is 1. The first-order valence-corrected chi connectivity index (χ1v) is 6.12. The summed E-state index contributed by atoms with van der Waals surface area (Å²) in [6.45, 7) is -2.15. The third kappa shape index (κ3) is 3.98. The molecule has 1 aromatic carbocycles. The van der Waals surface area contributed by atoms with E-state index in [-0.39, 0.29) is 0 Å². The zero-order chi connectivity index (χ0) is 12.9. The van der Waals surface area contributed by atoms with Gasteiger partial charge in [0, 0.05) is 4.90 Å². The number of thioether (sulfide) groups is 1. The fraction of sp³-hybridized carbons (Fsp3) is 0.364. The van der Waals surface area contributed by atoms with Crippen LogP contribution in [-0.2, 0) is 0 Å². The second-order valence-electron chi connectivity index (χ2n) is 3.40. The van der Waals surface area contributed by atoms with Gasteiger partial charge in [0.05, 0.1) is 12.1 Å². The molecule has 0 spiro atoms. The average molecular weight is 261 g/mol. The summed E-state index contributed by atoms with van der Waals surface area (Å²) >= 11 is 1.37. The molecule has 1 aromatic rings. The zero-order valence-electron chi connectivity index (χ0n) is 9.24. The maximum Gasteiger partial charge on any atom is 0.287 e. The van der Waals surface area contributed by atoms with Gasteiger partial charge in [0.25, 0.3) is 11.8 Å². The third-order valence-corrected chi connectivity index (χ3v) is 2.89. The van der Waals surface area contributed by atoms with E-state index in [0.29, 0.717) is 5.56 Å². The van der Waals surface area contributed by atoms with Crippen molar-refractivity contribution in [3.63, 3.8) is 0 Å². The number of aliphatic hydroxyl groups is 1. The molecule has 1 amide bonds. The summed E-state index contributed by atoms with van der Waals surface area (Å²) in [5, 5.41) is 10.5. The molecule has 0 aliphatic rings. The van der Waals surface area contributed by atoms with Crippen molar-refractivity contribution < 1.29 is 18.7 Å². The molecule has 0 heterocycles. The van der Waals surface area contributed by atoms with Crippen molar-refractivity contribution in [2.45, 2.75) is 10.8 Å². The van der Waals surface area contributed by atoms with Crippen molar-refractivity contribution in [3.8, 4) is 0 Å². The smallest absolute Gasteiger partial charge is 0.287 e. The summed E-state index contributed by atoms with van der Waals surface area (Å²) in [6.07, 6.45) is 1.80. The Morgan fingerprint density at radius 1 is 1.47 bits per heavy atom. The van der Waals surface area contributed by atoms with Crippen molar-refractivity contribution in [2.24, 2.45) is 0 Å². The van der Waals surface area contributed by atoms with Crippen LogP contribution in [0.1, 0.15) is 10.4 Å². The van der Waals surface area contributed by atoms with Crippen LogP contribution in [0.2, 0.25) is 0 Å². The van der Waals surface area contributed by atoms with Crippen LogP contribution in [0.4, 0.5) is 8.78 Å². The summed E-state index contributed by atoms with van der Waals surface area (Å²) in [5.41, 5.74) is 0.355.